The monoisotopic (exact) mass is 343 g/mol. The summed E-state index contributed by atoms with van der Waals surface area (Å²) >= 11 is 6.81. The van der Waals surface area contributed by atoms with Crippen molar-refractivity contribution in [2.45, 2.75) is 19.9 Å². The van der Waals surface area contributed by atoms with Crippen LogP contribution in [0.25, 0.3) is 0 Å². The van der Waals surface area contributed by atoms with Gasteiger partial charge in [-0.1, -0.05) is 24.3 Å². The number of benzene rings is 1. The van der Waals surface area contributed by atoms with E-state index in [0.717, 1.165) is 21.8 Å². The van der Waals surface area contributed by atoms with Gasteiger partial charge < -0.3 is 10.6 Å². The SMILES string of the molecule is CC1=NC(=S)NC(c2cccs2)C1C(=O)Nc1ccccc1C. The second-order valence-corrected chi connectivity index (χ2v) is 6.84. The number of hydrogen-bond donors (Lipinski definition) is 2. The first kappa shape index (κ1) is 15.8. The molecule has 0 saturated heterocycles. The van der Waals surface area contributed by atoms with Crippen molar-refractivity contribution in [2.24, 2.45) is 10.9 Å². The minimum absolute atomic E-state index is 0.0750. The Morgan fingerprint density at radius 1 is 1.26 bits per heavy atom. The van der Waals surface area contributed by atoms with Gasteiger partial charge in [0.25, 0.3) is 0 Å². The first-order valence-corrected chi connectivity index (χ1v) is 8.60. The molecule has 2 heterocycles. The topological polar surface area (TPSA) is 53.5 Å². The quantitative estimate of drug-likeness (QED) is 0.836. The summed E-state index contributed by atoms with van der Waals surface area (Å²) in [5.74, 6) is -0.464. The lowest BCUT2D eigenvalue weighted by atomic mass is 9.91. The zero-order valence-electron chi connectivity index (χ0n) is 12.9. The predicted octanol–water partition coefficient (Wildman–Crippen LogP) is 3.70. The van der Waals surface area contributed by atoms with Gasteiger partial charge in [-0.2, -0.15) is 0 Å². The number of anilines is 1. The second kappa shape index (κ2) is 6.60. The van der Waals surface area contributed by atoms with Crippen LogP contribution >= 0.6 is 23.6 Å². The molecule has 0 fully saturated rings. The number of thiocarbonyl (C=S) groups is 1. The van der Waals surface area contributed by atoms with Crippen molar-refractivity contribution in [3.05, 3.63) is 52.2 Å². The van der Waals surface area contributed by atoms with Crippen molar-refractivity contribution in [1.82, 2.24) is 5.32 Å². The van der Waals surface area contributed by atoms with Crippen molar-refractivity contribution in [3.8, 4) is 0 Å². The van der Waals surface area contributed by atoms with Crippen LogP contribution in [0.4, 0.5) is 5.69 Å². The van der Waals surface area contributed by atoms with Crippen molar-refractivity contribution >= 4 is 46.0 Å². The number of nitrogens with one attached hydrogen (secondary N) is 2. The molecule has 6 heteroatoms. The molecule has 2 aromatic rings. The Bertz CT molecular complexity index is 768. The highest BCUT2D eigenvalue weighted by Crippen LogP contribution is 2.31. The lowest BCUT2D eigenvalue weighted by Gasteiger charge is -2.30. The number of amides is 1. The van der Waals surface area contributed by atoms with Gasteiger partial charge in [0, 0.05) is 16.3 Å². The van der Waals surface area contributed by atoms with Crippen LogP contribution in [0.3, 0.4) is 0 Å². The lowest BCUT2D eigenvalue weighted by Crippen LogP contribution is -2.45. The Hall–Kier alpha value is -2.05. The number of thiophene rings is 1. The molecule has 2 atom stereocenters. The van der Waals surface area contributed by atoms with Crippen molar-refractivity contribution < 1.29 is 4.79 Å². The molecule has 4 nitrogen and oxygen atoms in total. The van der Waals surface area contributed by atoms with Gasteiger partial charge in [0.15, 0.2) is 5.11 Å². The number of hydrogen-bond acceptors (Lipinski definition) is 3. The molecule has 1 aliphatic heterocycles. The standard InChI is InChI=1S/C17H17N3OS2/c1-10-6-3-4-7-12(10)19-16(21)14-11(2)18-17(22)20-15(14)13-8-5-9-23-13/h3-9,14-15H,1-2H3,(H,19,21)(H,20,22). The minimum atomic E-state index is -0.389. The smallest absolute Gasteiger partial charge is 0.235 e. The number of nitrogens with zero attached hydrogens (tertiary/aromatic N) is 1. The molecule has 118 valence electrons. The van der Waals surface area contributed by atoms with Gasteiger partial charge in [0.1, 0.15) is 5.92 Å². The minimum Gasteiger partial charge on any atom is -0.352 e. The largest absolute Gasteiger partial charge is 0.352 e. The summed E-state index contributed by atoms with van der Waals surface area (Å²) in [5.41, 5.74) is 2.59. The van der Waals surface area contributed by atoms with E-state index in [2.05, 4.69) is 15.6 Å². The number of aliphatic imine (C=N–C) groups is 1. The Labute approximate surface area is 144 Å². The van der Waals surface area contributed by atoms with Crippen LogP contribution in [0.15, 0.2) is 46.8 Å². The van der Waals surface area contributed by atoms with E-state index in [1.807, 2.05) is 55.6 Å². The number of carbonyl (C=O) groups excluding carboxylic acids is 1. The average Bonchev–Trinajstić information content (AvgIpc) is 3.03. The first-order chi connectivity index (χ1) is 11.1. The molecule has 23 heavy (non-hydrogen) atoms. The van der Waals surface area contributed by atoms with E-state index < -0.39 is 0 Å². The summed E-state index contributed by atoms with van der Waals surface area (Å²) in [7, 11) is 0. The van der Waals surface area contributed by atoms with Crippen LogP contribution in [0.1, 0.15) is 23.4 Å². The number of rotatable bonds is 3. The van der Waals surface area contributed by atoms with Gasteiger partial charge in [-0.25, -0.2) is 4.99 Å². The molecule has 1 aliphatic rings. The Morgan fingerprint density at radius 3 is 2.74 bits per heavy atom. The van der Waals surface area contributed by atoms with Gasteiger partial charge in [-0.3, -0.25) is 4.79 Å². The molecular weight excluding hydrogens is 326 g/mol. The first-order valence-electron chi connectivity index (χ1n) is 7.32. The molecule has 0 saturated carbocycles. The van der Waals surface area contributed by atoms with E-state index in [1.54, 1.807) is 11.3 Å². The maximum Gasteiger partial charge on any atom is 0.235 e. The van der Waals surface area contributed by atoms with Crippen LogP contribution in [0, 0.1) is 12.8 Å². The molecule has 1 aromatic carbocycles. The molecule has 0 bridgehead atoms. The Balaban J connectivity index is 1.91. The third kappa shape index (κ3) is 3.33. The fourth-order valence-corrected chi connectivity index (χ4v) is 3.77. The molecule has 2 N–H and O–H groups in total. The van der Waals surface area contributed by atoms with Gasteiger partial charge in [-0.15, -0.1) is 11.3 Å². The maximum absolute atomic E-state index is 12.9. The van der Waals surface area contributed by atoms with Gasteiger partial charge >= 0.3 is 0 Å². The van der Waals surface area contributed by atoms with Crippen LogP contribution < -0.4 is 10.6 Å². The van der Waals surface area contributed by atoms with E-state index in [9.17, 15) is 4.79 Å². The molecule has 3 rings (SSSR count). The zero-order chi connectivity index (χ0) is 16.4. The van der Waals surface area contributed by atoms with Crippen LogP contribution in [0.5, 0.6) is 0 Å². The number of para-hydroxylation sites is 1. The summed E-state index contributed by atoms with van der Waals surface area (Å²) in [5, 5.41) is 8.62. The normalized spacial score (nSPS) is 20.6. The lowest BCUT2D eigenvalue weighted by molar-refractivity contribution is -0.118. The van der Waals surface area contributed by atoms with Crippen molar-refractivity contribution in [1.29, 1.82) is 0 Å². The Morgan fingerprint density at radius 2 is 2.04 bits per heavy atom. The number of carbonyl (C=O) groups is 1. The summed E-state index contributed by atoms with van der Waals surface area (Å²) in [4.78, 5) is 18.2. The van der Waals surface area contributed by atoms with Gasteiger partial charge in [0.05, 0.1) is 6.04 Å². The van der Waals surface area contributed by atoms with E-state index >= 15 is 0 Å². The van der Waals surface area contributed by atoms with Gasteiger partial charge in [0.2, 0.25) is 5.91 Å². The number of aryl methyl sites for hydroxylation is 1. The van der Waals surface area contributed by atoms with E-state index in [0.29, 0.717) is 5.11 Å². The van der Waals surface area contributed by atoms with Crippen molar-refractivity contribution in [3.63, 3.8) is 0 Å². The third-order valence-corrected chi connectivity index (χ3v) is 5.04. The van der Waals surface area contributed by atoms with E-state index in [4.69, 9.17) is 12.2 Å². The molecule has 0 radical (unpaired) electrons. The zero-order valence-corrected chi connectivity index (χ0v) is 14.5. The molecule has 1 aromatic heterocycles. The fraction of sp³-hybridized carbons (Fsp3) is 0.235. The Kier molecular flexibility index (Phi) is 4.54. The molecule has 0 spiro atoms. The third-order valence-electron chi connectivity index (χ3n) is 3.88. The highest BCUT2D eigenvalue weighted by atomic mass is 32.1. The molecular formula is C17H17N3OS2. The molecule has 2 unspecified atom stereocenters. The van der Waals surface area contributed by atoms with E-state index in [-0.39, 0.29) is 17.9 Å². The summed E-state index contributed by atoms with van der Waals surface area (Å²) < 4.78 is 0. The van der Waals surface area contributed by atoms with Crippen LogP contribution in [-0.4, -0.2) is 16.7 Å². The van der Waals surface area contributed by atoms with Crippen molar-refractivity contribution in [2.75, 3.05) is 5.32 Å². The average molecular weight is 343 g/mol. The predicted molar refractivity (Wildman–Crippen MR) is 99.2 cm³/mol. The molecule has 0 aliphatic carbocycles. The summed E-state index contributed by atoms with van der Waals surface area (Å²) in [6, 6.07) is 11.5. The van der Waals surface area contributed by atoms with Crippen LogP contribution in [-0.2, 0) is 4.79 Å². The van der Waals surface area contributed by atoms with E-state index in [1.165, 1.54) is 0 Å². The van der Waals surface area contributed by atoms with Crippen LogP contribution in [0.2, 0.25) is 0 Å². The highest BCUT2D eigenvalue weighted by Gasteiger charge is 2.36. The molecule has 1 amide bonds. The highest BCUT2D eigenvalue weighted by molar-refractivity contribution is 7.80. The summed E-state index contributed by atoms with van der Waals surface area (Å²) in [6.45, 7) is 3.83. The fourth-order valence-electron chi connectivity index (χ4n) is 2.69. The van der Waals surface area contributed by atoms with Gasteiger partial charge in [-0.05, 0) is 49.1 Å². The summed E-state index contributed by atoms with van der Waals surface area (Å²) in [6.07, 6.45) is 0. The maximum atomic E-state index is 12.9. The second-order valence-electron chi connectivity index (χ2n) is 5.48.